The number of ether oxygens (including phenoxy) is 1. The molecule has 0 aromatic heterocycles. The summed E-state index contributed by atoms with van der Waals surface area (Å²) < 4.78 is 28.1. The molecule has 1 aromatic carbocycles. The highest BCUT2D eigenvalue weighted by Crippen LogP contribution is 2.10. The number of amides is 1. The maximum atomic E-state index is 11.5. The van der Waals surface area contributed by atoms with Crippen molar-refractivity contribution in [3.8, 4) is 0 Å². The quantitative estimate of drug-likeness (QED) is 0.218. The van der Waals surface area contributed by atoms with Crippen LogP contribution in [0.5, 0.6) is 0 Å². The van der Waals surface area contributed by atoms with Gasteiger partial charge in [0.2, 0.25) is 0 Å². The van der Waals surface area contributed by atoms with E-state index >= 15 is 0 Å². The number of rotatable bonds is 7. The summed E-state index contributed by atoms with van der Waals surface area (Å²) in [5.41, 5.74) is 0.435. The van der Waals surface area contributed by atoms with Crippen molar-refractivity contribution in [2.75, 3.05) is 26.4 Å². The van der Waals surface area contributed by atoms with Crippen LogP contribution in [0.3, 0.4) is 0 Å². The van der Waals surface area contributed by atoms with Gasteiger partial charge in [0.1, 0.15) is 5.60 Å². The third-order valence-corrected chi connectivity index (χ3v) is 4.48. The number of alkyl carbamates (subject to hydrolysis) is 1. The lowest BCUT2D eigenvalue weighted by Crippen LogP contribution is -2.39. The molecule has 0 aliphatic heterocycles. The molecule has 0 fully saturated rings. The average molecular weight is 526 g/mol. The van der Waals surface area contributed by atoms with Crippen LogP contribution >= 0.6 is 24.0 Å². The van der Waals surface area contributed by atoms with E-state index in [4.69, 9.17) is 4.74 Å². The molecule has 3 N–H and O–H groups in total. The maximum Gasteiger partial charge on any atom is 0.407 e. The minimum Gasteiger partial charge on any atom is -0.444 e. The van der Waals surface area contributed by atoms with Crippen LogP contribution in [-0.4, -0.2) is 52.5 Å². The molecular weight excluding hydrogens is 495 g/mol. The first-order valence-electron chi connectivity index (χ1n) is 8.71. The van der Waals surface area contributed by atoms with Crippen LogP contribution in [-0.2, 0) is 21.1 Å². The Labute approximate surface area is 184 Å². The van der Waals surface area contributed by atoms with Gasteiger partial charge in [-0.05, 0) is 44.9 Å². The van der Waals surface area contributed by atoms with Crippen LogP contribution in [0.25, 0.3) is 0 Å². The molecule has 0 saturated carbocycles. The molecule has 0 unspecified atom stereocenters. The lowest BCUT2D eigenvalue weighted by atomic mass is 10.2. The predicted molar refractivity (Wildman–Crippen MR) is 122 cm³/mol. The Morgan fingerprint density at radius 1 is 1.07 bits per heavy atom. The topological polar surface area (TPSA) is 109 Å². The Hall–Kier alpha value is -1.56. The number of nitrogens with zero attached hydrogens (tertiary/aromatic N) is 1. The van der Waals surface area contributed by atoms with Crippen LogP contribution in [0.1, 0.15) is 32.8 Å². The van der Waals surface area contributed by atoms with Crippen molar-refractivity contribution in [3.63, 3.8) is 0 Å². The van der Waals surface area contributed by atoms with Gasteiger partial charge in [-0.3, -0.25) is 4.99 Å². The first-order valence-corrected chi connectivity index (χ1v) is 10.6. The third-order valence-electron chi connectivity index (χ3n) is 3.35. The average Bonchev–Trinajstić information content (AvgIpc) is 2.55. The van der Waals surface area contributed by atoms with Gasteiger partial charge in [-0.25, -0.2) is 13.2 Å². The summed E-state index contributed by atoms with van der Waals surface area (Å²) in [7, 11) is -1.52. The highest BCUT2D eigenvalue weighted by molar-refractivity contribution is 14.0. The van der Waals surface area contributed by atoms with Gasteiger partial charge in [-0.1, -0.05) is 12.1 Å². The molecule has 1 rings (SSSR count). The fourth-order valence-electron chi connectivity index (χ4n) is 2.06. The first-order chi connectivity index (χ1) is 12.5. The van der Waals surface area contributed by atoms with E-state index in [-0.39, 0.29) is 24.0 Å². The van der Waals surface area contributed by atoms with E-state index in [1.165, 1.54) is 6.26 Å². The molecule has 0 aliphatic rings. The number of benzene rings is 1. The molecule has 0 heterocycles. The smallest absolute Gasteiger partial charge is 0.407 e. The standard InChI is InChI=1S/C18H30N4O4S.HI/c1-18(2,3)26-17(23)21-12-6-11-20-16(19-4)22-13-14-7-9-15(10-8-14)27(5,24)25;/h7-10H,6,11-13H2,1-5H3,(H,21,23)(H2,19,20,22);1H. The summed E-state index contributed by atoms with van der Waals surface area (Å²) >= 11 is 0. The fourth-order valence-corrected chi connectivity index (χ4v) is 2.69. The van der Waals surface area contributed by atoms with Crippen molar-refractivity contribution in [2.45, 2.75) is 44.2 Å². The molecular formula is C18H31IN4O4S. The molecule has 0 aliphatic carbocycles. The van der Waals surface area contributed by atoms with Crippen LogP contribution in [0.15, 0.2) is 34.2 Å². The van der Waals surface area contributed by atoms with Crippen LogP contribution in [0.2, 0.25) is 0 Å². The van der Waals surface area contributed by atoms with E-state index < -0.39 is 21.5 Å². The zero-order chi connectivity index (χ0) is 20.5. The third kappa shape index (κ3) is 11.3. The predicted octanol–water partition coefficient (Wildman–Crippen LogP) is 2.29. The first kappa shape index (κ1) is 26.4. The second-order valence-electron chi connectivity index (χ2n) is 7.05. The molecule has 8 nitrogen and oxygen atoms in total. The summed E-state index contributed by atoms with van der Waals surface area (Å²) in [4.78, 5) is 16.0. The van der Waals surface area contributed by atoms with Crippen LogP contribution < -0.4 is 16.0 Å². The van der Waals surface area contributed by atoms with E-state index in [1.807, 2.05) is 20.8 Å². The Morgan fingerprint density at radius 2 is 1.64 bits per heavy atom. The number of halogens is 1. The van der Waals surface area contributed by atoms with E-state index in [0.29, 0.717) is 36.9 Å². The Morgan fingerprint density at radius 3 is 2.14 bits per heavy atom. The number of carbonyl (C=O) groups is 1. The van der Waals surface area contributed by atoms with E-state index in [0.717, 1.165) is 5.56 Å². The van der Waals surface area contributed by atoms with Crippen molar-refractivity contribution in [1.82, 2.24) is 16.0 Å². The molecule has 0 saturated heterocycles. The molecule has 1 amide bonds. The molecule has 160 valence electrons. The van der Waals surface area contributed by atoms with E-state index in [2.05, 4.69) is 20.9 Å². The number of aliphatic imine (C=N–C) groups is 1. The van der Waals surface area contributed by atoms with Crippen molar-refractivity contribution >= 4 is 45.9 Å². The van der Waals surface area contributed by atoms with Gasteiger partial charge in [-0.15, -0.1) is 24.0 Å². The summed E-state index contributed by atoms with van der Waals surface area (Å²) in [5.74, 6) is 0.624. The van der Waals surface area contributed by atoms with Crippen molar-refractivity contribution in [3.05, 3.63) is 29.8 Å². The van der Waals surface area contributed by atoms with Crippen molar-refractivity contribution in [2.24, 2.45) is 4.99 Å². The highest BCUT2D eigenvalue weighted by Gasteiger charge is 2.15. The molecule has 10 heteroatoms. The molecule has 0 spiro atoms. The highest BCUT2D eigenvalue weighted by atomic mass is 127. The Kier molecular flexibility index (Phi) is 11.4. The number of guanidine groups is 1. The Bertz CT molecular complexity index is 744. The van der Waals surface area contributed by atoms with Crippen molar-refractivity contribution in [1.29, 1.82) is 0 Å². The maximum absolute atomic E-state index is 11.5. The summed E-state index contributed by atoms with van der Waals surface area (Å²) in [6.07, 6.45) is 1.47. The van der Waals surface area contributed by atoms with E-state index in [9.17, 15) is 13.2 Å². The number of nitrogens with one attached hydrogen (secondary N) is 3. The van der Waals surface area contributed by atoms with Gasteiger partial charge in [-0.2, -0.15) is 0 Å². The lowest BCUT2D eigenvalue weighted by molar-refractivity contribution is 0.0527. The largest absolute Gasteiger partial charge is 0.444 e. The van der Waals surface area contributed by atoms with Gasteiger partial charge in [0.15, 0.2) is 15.8 Å². The van der Waals surface area contributed by atoms with Gasteiger partial charge < -0.3 is 20.7 Å². The summed E-state index contributed by atoms with van der Waals surface area (Å²) in [6.45, 7) is 7.09. The molecule has 0 atom stereocenters. The molecule has 28 heavy (non-hydrogen) atoms. The minimum absolute atomic E-state index is 0. The molecule has 1 aromatic rings. The summed E-state index contributed by atoms with van der Waals surface area (Å²) in [5, 5.41) is 9.00. The molecule has 0 bridgehead atoms. The lowest BCUT2D eigenvalue weighted by Gasteiger charge is -2.19. The van der Waals surface area contributed by atoms with Crippen molar-refractivity contribution < 1.29 is 17.9 Å². The monoisotopic (exact) mass is 526 g/mol. The summed E-state index contributed by atoms with van der Waals surface area (Å²) in [6, 6.07) is 6.71. The number of hydrogen-bond donors (Lipinski definition) is 3. The second-order valence-corrected chi connectivity index (χ2v) is 9.07. The van der Waals surface area contributed by atoms with Gasteiger partial charge >= 0.3 is 6.09 Å². The zero-order valence-electron chi connectivity index (χ0n) is 17.0. The number of hydrogen-bond acceptors (Lipinski definition) is 5. The van der Waals surface area contributed by atoms with Crippen LogP contribution in [0, 0.1) is 0 Å². The van der Waals surface area contributed by atoms with Gasteiger partial charge in [0.05, 0.1) is 4.90 Å². The second kappa shape index (κ2) is 12.1. The molecule has 0 radical (unpaired) electrons. The fraction of sp³-hybridized carbons (Fsp3) is 0.556. The van der Waals surface area contributed by atoms with E-state index in [1.54, 1.807) is 31.3 Å². The Balaban J connectivity index is 0.00000729. The number of carbonyl (C=O) groups excluding carboxylic acids is 1. The zero-order valence-corrected chi connectivity index (χ0v) is 20.2. The van der Waals surface area contributed by atoms with Gasteiger partial charge in [0.25, 0.3) is 0 Å². The van der Waals surface area contributed by atoms with Gasteiger partial charge in [0, 0.05) is 32.9 Å². The number of sulfone groups is 1. The minimum atomic E-state index is -3.18. The normalized spacial score (nSPS) is 12.0. The SMILES string of the molecule is CN=C(NCCCNC(=O)OC(C)(C)C)NCc1ccc(S(C)(=O)=O)cc1.I. The van der Waals surface area contributed by atoms with Crippen LogP contribution in [0.4, 0.5) is 4.79 Å².